The maximum absolute atomic E-state index is 12.5. The van der Waals surface area contributed by atoms with Crippen molar-refractivity contribution in [3.05, 3.63) is 69.3 Å². The molecule has 0 aliphatic rings. The van der Waals surface area contributed by atoms with Gasteiger partial charge in [0.25, 0.3) is 5.69 Å². The van der Waals surface area contributed by atoms with Gasteiger partial charge in [0.1, 0.15) is 0 Å². The van der Waals surface area contributed by atoms with E-state index >= 15 is 0 Å². The van der Waals surface area contributed by atoms with Crippen molar-refractivity contribution in [1.29, 1.82) is 0 Å². The Morgan fingerprint density at radius 3 is 2.43 bits per heavy atom. The molecule has 0 fully saturated rings. The maximum Gasteiger partial charge on any atom is 0.289 e. The van der Waals surface area contributed by atoms with Gasteiger partial charge in [-0.3, -0.25) is 10.1 Å². The standard InChI is InChI=1S/C16H18N2O4S/c1-11-8-9-12(2)14(10-11)13(3)17-23(21,22)16-7-5-4-6-15(16)18(19)20/h4-10,13,17H,1-3H3/t13-/m1/s1. The zero-order valence-electron chi connectivity index (χ0n) is 13.1. The lowest BCUT2D eigenvalue weighted by Gasteiger charge is -2.17. The highest BCUT2D eigenvalue weighted by molar-refractivity contribution is 7.89. The van der Waals surface area contributed by atoms with Crippen molar-refractivity contribution in [2.24, 2.45) is 0 Å². The van der Waals surface area contributed by atoms with E-state index in [0.717, 1.165) is 16.7 Å². The number of sulfonamides is 1. The minimum Gasteiger partial charge on any atom is -0.258 e. The van der Waals surface area contributed by atoms with E-state index in [0.29, 0.717) is 0 Å². The molecule has 0 saturated heterocycles. The Bertz CT molecular complexity index is 847. The van der Waals surface area contributed by atoms with Gasteiger partial charge < -0.3 is 0 Å². The normalized spacial score (nSPS) is 12.8. The number of aryl methyl sites for hydroxylation is 2. The van der Waals surface area contributed by atoms with Crippen LogP contribution in [0.1, 0.15) is 29.7 Å². The first-order valence-corrected chi connectivity index (χ1v) is 8.53. The van der Waals surface area contributed by atoms with Crippen LogP contribution in [0, 0.1) is 24.0 Å². The molecule has 0 heterocycles. The predicted molar refractivity (Wildman–Crippen MR) is 87.7 cm³/mol. The first-order chi connectivity index (χ1) is 10.7. The molecule has 122 valence electrons. The van der Waals surface area contributed by atoms with Gasteiger partial charge in [-0.2, -0.15) is 0 Å². The van der Waals surface area contributed by atoms with E-state index in [-0.39, 0.29) is 4.90 Å². The molecule has 2 rings (SSSR count). The van der Waals surface area contributed by atoms with E-state index in [1.54, 1.807) is 6.92 Å². The number of nitro benzene ring substituents is 1. The first-order valence-electron chi connectivity index (χ1n) is 7.05. The molecule has 2 aromatic carbocycles. The largest absolute Gasteiger partial charge is 0.289 e. The first kappa shape index (κ1) is 17.1. The lowest BCUT2D eigenvalue weighted by Crippen LogP contribution is -2.28. The van der Waals surface area contributed by atoms with Gasteiger partial charge in [-0.15, -0.1) is 0 Å². The fourth-order valence-corrected chi connectivity index (χ4v) is 3.82. The van der Waals surface area contributed by atoms with E-state index in [1.165, 1.54) is 24.3 Å². The van der Waals surface area contributed by atoms with Crippen LogP contribution in [0.25, 0.3) is 0 Å². The monoisotopic (exact) mass is 334 g/mol. The highest BCUT2D eigenvalue weighted by Crippen LogP contribution is 2.26. The molecule has 6 nitrogen and oxygen atoms in total. The summed E-state index contributed by atoms with van der Waals surface area (Å²) in [6, 6.07) is 10.6. The van der Waals surface area contributed by atoms with Crippen molar-refractivity contribution in [3.63, 3.8) is 0 Å². The van der Waals surface area contributed by atoms with Crippen LogP contribution in [0.3, 0.4) is 0 Å². The molecule has 7 heteroatoms. The summed E-state index contributed by atoms with van der Waals surface area (Å²) in [6.45, 7) is 5.53. The molecular formula is C16H18N2O4S. The lowest BCUT2D eigenvalue weighted by atomic mass is 10.0. The molecule has 0 aliphatic heterocycles. The zero-order chi connectivity index (χ0) is 17.2. The van der Waals surface area contributed by atoms with Gasteiger partial charge in [0, 0.05) is 12.1 Å². The predicted octanol–water partition coefficient (Wildman–Crippen LogP) is 3.25. The molecule has 0 aliphatic carbocycles. The summed E-state index contributed by atoms with van der Waals surface area (Å²) in [6.07, 6.45) is 0. The number of benzene rings is 2. The molecule has 0 unspecified atom stereocenters. The molecule has 0 spiro atoms. The van der Waals surface area contributed by atoms with Crippen LogP contribution in [0.5, 0.6) is 0 Å². The number of nitrogens with zero attached hydrogens (tertiary/aromatic N) is 1. The fourth-order valence-electron chi connectivity index (χ4n) is 2.42. The van der Waals surface area contributed by atoms with E-state index in [4.69, 9.17) is 0 Å². The fraction of sp³-hybridized carbons (Fsp3) is 0.250. The van der Waals surface area contributed by atoms with Crippen LogP contribution in [-0.4, -0.2) is 13.3 Å². The molecule has 1 N–H and O–H groups in total. The van der Waals surface area contributed by atoms with Crippen molar-refractivity contribution in [2.75, 3.05) is 0 Å². The SMILES string of the molecule is Cc1ccc(C)c([C@@H](C)NS(=O)(=O)c2ccccc2[N+](=O)[O-])c1. The van der Waals surface area contributed by atoms with E-state index < -0.39 is 26.7 Å². The van der Waals surface area contributed by atoms with Gasteiger partial charge in [0.05, 0.1) is 4.92 Å². The number of hydrogen-bond acceptors (Lipinski definition) is 4. The number of rotatable bonds is 5. The van der Waals surface area contributed by atoms with Gasteiger partial charge in [-0.05, 0) is 38.0 Å². The average molecular weight is 334 g/mol. The van der Waals surface area contributed by atoms with Gasteiger partial charge in [-0.1, -0.05) is 35.9 Å². The van der Waals surface area contributed by atoms with Crippen LogP contribution >= 0.6 is 0 Å². The van der Waals surface area contributed by atoms with Crippen molar-refractivity contribution in [1.82, 2.24) is 4.72 Å². The van der Waals surface area contributed by atoms with Gasteiger partial charge in [-0.25, -0.2) is 13.1 Å². The second-order valence-electron chi connectivity index (χ2n) is 5.43. The molecule has 23 heavy (non-hydrogen) atoms. The molecule has 0 aromatic heterocycles. The van der Waals surface area contributed by atoms with E-state index in [9.17, 15) is 18.5 Å². The zero-order valence-corrected chi connectivity index (χ0v) is 13.9. The van der Waals surface area contributed by atoms with E-state index in [2.05, 4.69) is 4.72 Å². The summed E-state index contributed by atoms with van der Waals surface area (Å²) >= 11 is 0. The van der Waals surface area contributed by atoms with Gasteiger partial charge >= 0.3 is 0 Å². The Kier molecular flexibility index (Phi) is 4.82. The van der Waals surface area contributed by atoms with Crippen molar-refractivity contribution < 1.29 is 13.3 Å². The summed E-state index contributed by atoms with van der Waals surface area (Å²) in [5, 5.41) is 11.0. The van der Waals surface area contributed by atoms with Crippen molar-refractivity contribution in [2.45, 2.75) is 31.7 Å². The Labute approximate surface area is 135 Å². The lowest BCUT2D eigenvalue weighted by molar-refractivity contribution is -0.387. The van der Waals surface area contributed by atoms with Crippen LogP contribution in [0.15, 0.2) is 47.4 Å². The van der Waals surface area contributed by atoms with E-state index in [1.807, 2.05) is 32.0 Å². The minimum atomic E-state index is -4.00. The maximum atomic E-state index is 12.5. The topological polar surface area (TPSA) is 89.3 Å². The highest BCUT2D eigenvalue weighted by atomic mass is 32.2. The summed E-state index contributed by atoms with van der Waals surface area (Å²) < 4.78 is 27.6. The minimum absolute atomic E-state index is 0.331. The van der Waals surface area contributed by atoms with Crippen LogP contribution in [-0.2, 0) is 10.0 Å². The van der Waals surface area contributed by atoms with Gasteiger partial charge in [0.15, 0.2) is 4.90 Å². The number of para-hydroxylation sites is 1. The summed E-state index contributed by atoms with van der Waals surface area (Å²) in [4.78, 5) is 10.0. The summed E-state index contributed by atoms with van der Waals surface area (Å²) in [5.74, 6) is 0. The Hall–Kier alpha value is -2.25. The molecule has 0 amide bonds. The molecule has 0 bridgehead atoms. The van der Waals surface area contributed by atoms with Crippen LogP contribution in [0.2, 0.25) is 0 Å². The summed E-state index contributed by atoms with van der Waals surface area (Å²) in [5.41, 5.74) is 2.37. The molecule has 0 radical (unpaired) electrons. The summed E-state index contributed by atoms with van der Waals surface area (Å²) in [7, 11) is -4.00. The third-order valence-corrected chi connectivity index (χ3v) is 5.17. The highest BCUT2D eigenvalue weighted by Gasteiger charge is 2.27. The smallest absolute Gasteiger partial charge is 0.258 e. The average Bonchev–Trinajstić information content (AvgIpc) is 2.49. The number of hydrogen-bond donors (Lipinski definition) is 1. The number of nitro groups is 1. The third kappa shape index (κ3) is 3.75. The molecular weight excluding hydrogens is 316 g/mol. The quantitative estimate of drug-likeness (QED) is 0.671. The van der Waals surface area contributed by atoms with Crippen LogP contribution in [0.4, 0.5) is 5.69 Å². The Morgan fingerprint density at radius 1 is 1.13 bits per heavy atom. The van der Waals surface area contributed by atoms with Crippen LogP contribution < -0.4 is 4.72 Å². The van der Waals surface area contributed by atoms with Gasteiger partial charge in [0.2, 0.25) is 10.0 Å². The Balaban J connectivity index is 2.39. The molecule has 2 aromatic rings. The number of nitrogens with one attached hydrogen (secondary N) is 1. The third-order valence-electron chi connectivity index (χ3n) is 3.58. The second-order valence-corrected chi connectivity index (χ2v) is 7.11. The van der Waals surface area contributed by atoms with Crippen molar-refractivity contribution in [3.8, 4) is 0 Å². The second kappa shape index (κ2) is 6.47. The van der Waals surface area contributed by atoms with Crippen molar-refractivity contribution >= 4 is 15.7 Å². The Morgan fingerprint density at radius 2 is 1.78 bits per heavy atom. The molecule has 1 atom stereocenters. The molecule has 0 saturated carbocycles.